The molecule has 1 heteroatoms. The standard InChI is InChI=1S/C19H33N/c1-3-5-16-6-8-17(9-7-16)18-10-13-19(15-20,12-4-2)14-11-18/h16-18H,3-14H2,1-2H3/t16?,17?,18-,19+. The van der Waals surface area contributed by atoms with Crippen molar-refractivity contribution in [2.75, 3.05) is 0 Å². The Labute approximate surface area is 126 Å². The molecule has 0 heterocycles. The van der Waals surface area contributed by atoms with Gasteiger partial charge >= 0.3 is 0 Å². The lowest BCUT2D eigenvalue weighted by Gasteiger charge is -2.40. The number of hydrogen-bond donors (Lipinski definition) is 0. The third kappa shape index (κ3) is 3.78. The first-order valence-corrected chi connectivity index (χ1v) is 9.14. The number of nitrogens with zero attached hydrogens (tertiary/aromatic N) is 1. The van der Waals surface area contributed by atoms with Crippen LogP contribution in [0.2, 0.25) is 0 Å². The van der Waals surface area contributed by atoms with E-state index in [0.29, 0.717) is 0 Å². The molecule has 0 spiro atoms. The number of nitriles is 1. The maximum Gasteiger partial charge on any atom is 0.0689 e. The first kappa shape index (κ1) is 15.9. The average molecular weight is 275 g/mol. The van der Waals surface area contributed by atoms with Crippen LogP contribution in [0, 0.1) is 34.5 Å². The van der Waals surface area contributed by atoms with Crippen molar-refractivity contribution in [1.29, 1.82) is 5.26 Å². The molecule has 20 heavy (non-hydrogen) atoms. The Morgan fingerprint density at radius 3 is 2.00 bits per heavy atom. The number of hydrogen-bond acceptors (Lipinski definition) is 1. The molecule has 0 atom stereocenters. The SMILES string of the molecule is CCCC1CCC([C@H]2CC[C@](C#N)(CCC)CC2)CC1. The Morgan fingerprint density at radius 2 is 1.50 bits per heavy atom. The van der Waals surface area contributed by atoms with Crippen LogP contribution in [0.25, 0.3) is 0 Å². The van der Waals surface area contributed by atoms with Crippen molar-refractivity contribution in [2.45, 2.75) is 90.9 Å². The molecular weight excluding hydrogens is 242 g/mol. The predicted molar refractivity (Wildman–Crippen MR) is 85.3 cm³/mol. The highest BCUT2D eigenvalue weighted by Crippen LogP contribution is 2.47. The largest absolute Gasteiger partial charge is 0.198 e. The Bertz CT molecular complexity index is 311. The smallest absolute Gasteiger partial charge is 0.0689 e. The van der Waals surface area contributed by atoms with E-state index < -0.39 is 0 Å². The normalized spacial score (nSPS) is 38.4. The second kappa shape index (κ2) is 7.48. The maximum atomic E-state index is 9.51. The van der Waals surface area contributed by atoms with Crippen LogP contribution in [-0.4, -0.2) is 0 Å². The summed E-state index contributed by atoms with van der Waals surface area (Å²) in [4.78, 5) is 0. The second-order valence-corrected chi connectivity index (χ2v) is 7.55. The van der Waals surface area contributed by atoms with Crippen molar-refractivity contribution in [3.8, 4) is 6.07 Å². The van der Waals surface area contributed by atoms with Crippen LogP contribution >= 0.6 is 0 Å². The van der Waals surface area contributed by atoms with Crippen molar-refractivity contribution >= 4 is 0 Å². The highest BCUT2D eigenvalue weighted by atomic mass is 14.4. The molecule has 0 aliphatic heterocycles. The van der Waals surface area contributed by atoms with Gasteiger partial charge in [-0.3, -0.25) is 0 Å². The highest BCUT2D eigenvalue weighted by Gasteiger charge is 2.37. The monoisotopic (exact) mass is 275 g/mol. The van der Waals surface area contributed by atoms with E-state index in [2.05, 4.69) is 19.9 Å². The first-order valence-electron chi connectivity index (χ1n) is 9.14. The molecule has 0 unspecified atom stereocenters. The van der Waals surface area contributed by atoms with E-state index in [1.54, 1.807) is 0 Å². The van der Waals surface area contributed by atoms with Crippen molar-refractivity contribution < 1.29 is 0 Å². The maximum absolute atomic E-state index is 9.51. The summed E-state index contributed by atoms with van der Waals surface area (Å²) < 4.78 is 0. The van der Waals surface area contributed by atoms with Gasteiger partial charge in [0, 0.05) is 0 Å². The average Bonchev–Trinajstić information content (AvgIpc) is 2.50. The molecule has 0 aromatic rings. The van der Waals surface area contributed by atoms with Gasteiger partial charge in [-0.05, 0) is 62.7 Å². The summed E-state index contributed by atoms with van der Waals surface area (Å²) in [5.74, 6) is 2.95. The Morgan fingerprint density at radius 1 is 0.900 bits per heavy atom. The fourth-order valence-electron chi connectivity index (χ4n) is 4.92. The van der Waals surface area contributed by atoms with Crippen LogP contribution in [0.5, 0.6) is 0 Å². The minimum atomic E-state index is 0.0463. The zero-order chi connectivity index (χ0) is 14.4. The van der Waals surface area contributed by atoms with Gasteiger partial charge in [-0.2, -0.15) is 5.26 Å². The first-order chi connectivity index (χ1) is 9.73. The highest BCUT2D eigenvalue weighted by molar-refractivity contribution is 5.02. The lowest BCUT2D eigenvalue weighted by Crippen LogP contribution is -2.31. The summed E-state index contributed by atoms with van der Waals surface area (Å²) in [5.41, 5.74) is 0.0463. The molecule has 2 saturated carbocycles. The summed E-state index contributed by atoms with van der Waals surface area (Å²) in [6, 6.07) is 2.67. The summed E-state index contributed by atoms with van der Waals surface area (Å²) in [5, 5.41) is 9.51. The van der Waals surface area contributed by atoms with Crippen LogP contribution in [-0.2, 0) is 0 Å². The Hall–Kier alpha value is -0.510. The van der Waals surface area contributed by atoms with E-state index in [9.17, 15) is 5.26 Å². The molecule has 0 bridgehead atoms. The van der Waals surface area contributed by atoms with E-state index in [1.807, 2.05) is 0 Å². The van der Waals surface area contributed by atoms with Gasteiger partial charge in [0.1, 0.15) is 0 Å². The molecule has 0 saturated heterocycles. The molecule has 0 radical (unpaired) electrons. The molecule has 0 aromatic carbocycles. The molecule has 2 aliphatic rings. The number of rotatable bonds is 5. The third-order valence-corrected chi connectivity index (χ3v) is 6.21. The molecule has 2 aliphatic carbocycles. The quantitative estimate of drug-likeness (QED) is 0.595. The molecular formula is C19H33N. The zero-order valence-corrected chi connectivity index (χ0v) is 13.7. The van der Waals surface area contributed by atoms with E-state index >= 15 is 0 Å². The molecule has 114 valence electrons. The minimum absolute atomic E-state index is 0.0463. The lowest BCUT2D eigenvalue weighted by molar-refractivity contribution is 0.116. The van der Waals surface area contributed by atoms with Crippen molar-refractivity contribution in [3.63, 3.8) is 0 Å². The summed E-state index contributed by atoms with van der Waals surface area (Å²) in [6.45, 7) is 4.54. The minimum Gasteiger partial charge on any atom is -0.198 e. The van der Waals surface area contributed by atoms with E-state index in [1.165, 1.54) is 70.6 Å². The Balaban J connectivity index is 1.79. The molecule has 2 fully saturated rings. The van der Waals surface area contributed by atoms with E-state index in [4.69, 9.17) is 0 Å². The molecule has 0 amide bonds. The third-order valence-electron chi connectivity index (χ3n) is 6.21. The van der Waals surface area contributed by atoms with Gasteiger partial charge in [-0.1, -0.05) is 46.0 Å². The van der Waals surface area contributed by atoms with Crippen LogP contribution in [0.3, 0.4) is 0 Å². The van der Waals surface area contributed by atoms with Crippen LogP contribution in [0.4, 0.5) is 0 Å². The van der Waals surface area contributed by atoms with Gasteiger partial charge in [-0.25, -0.2) is 0 Å². The van der Waals surface area contributed by atoms with Gasteiger partial charge in [0.25, 0.3) is 0 Å². The summed E-state index contributed by atoms with van der Waals surface area (Å²) in [7, 11) is 0. The van der Waals surface area contributed by atoms with E-state index in [-0.39, 0.29) is 5.41 Å². The van der Waals surface area contributed by atoms with Gasteiger partial charge < -0.3 is 0 Å². The van der Waals surface area contributed by atoms with Crippen LogP contribution in [0.15, 0.2) is 0 Å². The van der Waals surface area contributed by atoms with Gasteiger partial charge in [0.15, 0.2) is 0 Å². The predicted octanol–water partition coefficient (Wildman–Crippen LogP) is 6.09. The fraction of sp³-hybridized carbons (Fsp3) is 0.947. The fourth-order valence-corrected chi connectivity index (χ4v) is 4.92. The van der Waals surface area contributed by atoms with E-state index in [0.717, 1.165) is 24.2 Å². The van der Waals surface area contributed by atoms with Gasteiger partial charge in [0.05, 0.1) is 11.5 Å². The van der Waals surface area contributed by atoms with Crippen LogP contribution < -0.4 is 0 Å². The topological polar surface area (TPSA) is 23.8 Å². The lowest BCUT2D eigenvalue weighted by atomic mass is 9.63. The summed E-state index contributed by atoms with van der Waals surface area (Å²) in [6.07, 6.45) is 16.0. The van der Waals surface area contributed by atoms with Crippen molar-refractivity contribution in [2.24, 2.45) is 23.2 Å². The molecule has 0 aromatic heterocycles. The molecule has 1 nitrogen and oxygen atoms in total. The van der Waals surface area contributed by atoms with Crippen molar-refractivity contribution in [1.82, 2.24) is 0 Å². The van der Waals surface area contributed by atoms with Crippen LogP contribution in [0.1, 0.15) is 90.9 Å². The molecule has 2 rings (SSSR count). The van der Waals surface area contributed by atoms with Crippen molar-refractivity contribution in [3.05, 3.63) is 0 Å². The second-order valence-electron chi connectivity index (χ2n) is 7.55. The van der Waals surface area contributed by atoms with Gasteiger partial charge in [-0.15, -0.1) is 0 Å². The van der Waals surface area contributed by atoms with Gasteiger partial charge in [0.2, 0.25) is 0 Å². The Kier molecular flexibility index (Phi) is 5.94. The summed E-state index contributed by atoms with van der Waals surface area (Å²) >= 11 is 0. The molecule has 0 N–H and O–H groups in total. The zero-order valence-electron chi connectivity index (χ0n) is 13.7.